The zero-order chi connectivity index (χ0) is 34.4. The molecule has 2 N–H and O–H groups in total. The first-order chi connectivity index (χ1) is 23.3. The molecule has 0 spiro atoms. The van der Waals surface area contributed by atoms with Crippen LogP contribution in [0.3, 0.4) is 0 Å². The van der Waals surface area contributed by atoms with E-state index in [-0.39, 0.29) is 45.4 Å². The molecule has 2 aromatic carbocycles. The van der Waals surface area contributed by atoms with E-state index in [4.69, 9.17) is 0 Å². The van der Waals surface area contributed by atoms with Gasteiger partial charge in [0.05, 0.1) is 0 Å². The van der Waals surface area contributed by atoms with Crippen LogP contribution in [0.25, 0.3) is 0 Å². The SMILES string of the molecule is O=C(NCCc1ccc(F)[c-]c1F)C1CCCCC1.O=C(NCCc1ccc(F)[c-]c1F)C1CCCCC1.[C-]1=CC=CC1.[C-]1=CC=CC1.[Ti+4]. The molecule has 2 aromatic rings. The normalized spacial score (nSPS) is 16.2. The summed E-state index contributed by atoms with van der Waals surface area (Å²) in [5.74, 6) is -2.41. The Hall–Kier alpha value is -3.23. The van der Waals surface area contributed by atoms with Gasteiger partial charge in [-0.2, -0.15) is 24.3 Å². The first kappa shape index (κ1) is 41.9. The molecule has 6 rings (SSSR count). The number of halogens is 4. The van der Waals surface area contributed by atoms with E-state index in [9.17, 15) is 27.2 Å². The summed E-state index contributed by atoms with van der Waals surface area (Å²) >= 11 is 0. The second kappa shape index (κ2) is 24.8. The molecule has 0 bridgehead atoms. The molecule has 0 atom stereocenters. The van der Waals surface area contributed by atoms with Crippen LogP contribution >= 0.6 is 0 Å². The van der Waals surface area contributed by atoms with E-state index < -0.39 is 23.3 Å². The molecular weight excluding hydrogens is 664 g/mol. The number of carbonyl (C=O) groups is 2. The molecule has 2 fully saturated rings. The van der Waals surface area contributed by atoms with E-state index in [1.165, 1.54) is 37.1 Å². The molecule has 2 amide bonds. The maximum absolute atomic E-state index is 13.3. The smallest absolute Gasteiger partial charge is 0.357 e. The van der Waals surface area contributed by atoms with Crippen LogP contribution in [-0.4, -0.2) is 24.9 Å². The molecule has 260 valence electrons. The number of allylic oxidation sites excluding steroid dienone is 8. The standard InChI is InChI=1S/2C15H18F2NO.2C5H5.Ti/c2*16-13-7-6-11(14(17)10-13)8-9-18-15(19)12-4-2-1-3-5-12;2*1-2-4-5-3-1;/h2*6-7,12H,1-5,8-9H2,(H,18,19);2*1-3H,4H2;/q4*-1;+4. The van der Waals surface area contributed by atoms with E-state index >= 15 is 0 Å². The Morgan fingerprint density at radius 1 is 0.612 bits per heavy atom. The summed E-state index contributed by atoms with van der Waals surface area (Å²) in [4.78, 5) is 23.7. The number of amides is 2. The van der Waals surface area contributed by atoms with Crippen LogP contribution in [0.5, 0.6) is 0 Å². The number of hydrogen-bond acceptors (Lipinski definition) is 2. The monoisotopic (exact) mass is 710 g/mol. The predicted octanol–water partition coefficient (Wildman–Crippen LogP) is 8.62. The summed E-state index contributed by atoms with van der Waals surface area (Å²) in [6, 6.07) is 9.15. The minimum atomic E-state index is -0.701. The van der Waals surface area contributed by atoms with Gasteiger partial charge < -0.3 is 10.6 Å². The summed E-state index contributed by atoms with van der Waals surface area (Å²) < 4.78 is 52.0. The minimum absolute atomic E-state index is 0. The average molecular weight is 711 g/mol. The van der Waals surface area contributed by atoms with E-state index in [0.29, 0.717) is 37.1 Å². The molecule has 4 aliphatic rings. The molecule has 9 heteroatoms. The summed E-state index contributed by atoms with van der Waals surface area (Å²) in [7, 11) is 0. The molecule has 0 unspecified atom stereocenters. The van der Waals surface area contributed by atoms with Gasteiger partial charge in [-0.1, -0.05) is 51.4 Å². The summed E-state index contributed by atoms with van der Waals surface area (Å²) in [5, 5.41) is 5.66. The Balaban J connectivity index is 0.000000260. The van der Waals surface area contributed by atoms with Crippen molar-refractivity contribution in [3.05, 3.63) is 119 Å². The summed E-state index contributed by atoms with van der Waals surface area (Å²) in [5.41, 5.74) is 0.760. The number of benzene rings is 2. The van der Waals surface area contributed by atoms with Crippen LogP contribution in [0.15, 0.2) is 60.7 Å². The first-order valence-corrected chi connectivity index (χ1v) is 17.0. The maximum Gasteiger partial charge on any atom is 4.00 e. The molecule has 4 aliphatic carbocycles. The van der Waals surface area contributed by atoms with Crippen LogP contribution in [0.1, 0.15) is 88.2 Å². The van der Waals surface area contributed by atoms with Gasteiger partial charge in [-0.15, -0.1) is 48.2 Å². The fourth-order valence-corrected chi connectivity index (χ4v) is 5.67. The third kappa shape index (κ3) is 17.3. The zero-order valence-corrected chi connectivity index (χ0v) is 29.6. The van der Waals surface area contributed by atoms with Crippen LogP contribution < -0.4 is 10.6 Å². The number of nitrogens with one attached hydrogen (secondary N) is 2. The Morgan fingerprint density at radius 3 is 1.29 bits per heavy atom. The van der Waals surface area contributed by atoms with Gasteiger partial charge in [-0.25, -0.2) is 41.9 Å². The van der Waals surface area contributed by atoms with E-state index in [1.54, 1.807) is 0 Å². The van der Waals surface area contributed by atoms with Gasteiger partial charge in [0, 0.05) is 48.2 Å². The number of hydrogen-bond donors (Lipinski definition) is 2. The van der Waals surface area contributed by atoms with Gasteiger partial charge in [0.2, 0.25) is 11.8 Å². The molecule has 0 heterocycles. The van der Waals surface area contributed by atoms with Crippen LogP contribution in [0.4, 0.5) is 17.6 Å². The minimum Gasteiger partial charge on any atom is -0.357 e. The van der Waals surface area contributed by atoms with Crippen molar-refractivity contribution < 1.29 is 48.9 Å². The van der Waals surface area contributed by atoms with Crippen molar-refractivity contribution in [2.45, 2.75) is 89.9 Å². The second-order valence-electron chi connectivity index (χ2n) is 12.0. The Bertz CT molecular complexity index is 1270. The predicted molar refractivity (Wildman–Crippen MR) is 180 cm³/mol. The molecule has 0 aromatic heterocycles. The van der Waals surface area contributed by atoms with Crippen LogP contribution in [-0.2, 0) is 44.1 Å². The molecular formula is C40H46F4N2O2Ti. The van der Waals surface area contributed by atoms with Gasteiger partial charge >= 0.3 is 21.7 Å². The van der Waals surface area contributed by atoms with Crippen molar-refractivity contribution >= 4 is 11.8 Å². The van der Waals surface area contributed by atoms with E-state index in [1.807, 2.05) is 36.4 Å². The maximum atomic E-state index is 13.3. The Labute approximate surface area is 304 Å². The fourth-order valence-electron chi connectivity index (χ4n) is 5.67. The van der Waals surface area contributed by atoms with Crippen LogP contribution in [0.2, 0.25) is 0 Å². The average Bonchev–Trinajstić information content (AvgIpc) is 3.88. The van der Waals surface area contributed by atoms with Gasteiger partial charge in [0.1, 0.15) is 0 Å². The Morgan fingerprint density at radius 2 is 1.00 bits per heavy atom. The van der Waals surface area contributed by atoms with E-state index in [0.717, 1.165) is 64.2 Å². The van der Waals surface area contributed by atoms with Gasteiger partial charge in [-0.3, -0.25) is 21.7 Å². The molecule has 0 saturated heterocycles. The molecule has 2 saturated carbocycles. The largest absolute Gasteiger partial charge is 4.00 e. The topological polar surface area (TPSA) is 58.2 Å². The molecule has 0 aliphatic heterocycles. The summed E-state index contributed by atoms with van der Waals surface area (Å²) in [6.45, 7) is 0.761. The van der Waals surface area contributed by atoms with Gasteiger partial charge in [-0.05, 0) is 25.7 Å². The van der Waals surface area contributed by atoms with Crippen molar-refractivity contribution in [1.29, 1.82) is 0 Å². The quantitative estimate of drug-likeness (QED) is 0.164. The summed E-state index contributed by atoms with van der Waals surface area (Å²) in [6.07, 6.45) is 31.4. The third-order valence-corrected chi connectivity index (χ3v) is 8.39. The number of rotatable bonds is 8. The van der Waals surface area contributed by atoms with Gasteiger partial charge in [0.25, 0.3) is 0 Å². The number of carbonyl (C=O) groups excluding carboxylic acids is 2. The third-order valence-electron chi connectivity index (χ3n) is 8.39. The van der Waals surface area contributed by atoms with E-state index in [2.05, 4.69) is 34.9 Å². The van der Waals surface area contributed by atoms with Crippen molar-refractivity contribution in [3.63, 3.8) is 0 Å². The Kier molecular flexibility index (Phi) is 21.3. The van der Waals surface area contributed by atoms with Crippen molar-refractivity contribution in [3.8, 4) is 0 Å². The molecule has 49 heavy (non-hydrogen) atoms. The van der Waals surface area contributed by atoms with Crippen molar-refractivity contribution in [2.24, 2.45) is 11.8 Å². The van der Waals surface area contributed by atoms with Crippen molar-refractivity contribution in [1.82, 2.24) is 10.6 Å². The van der Waals surface area contributed by atoms with Crippen molar-refractivity contribution in [2.75, 3.05) is 13.1 Å². The fraction of sp³-hybridized carbons (Fsp3) is 0.450. The van der Waals surface area contributed by atoms with Crippen LogP contribution in [0, 0.1) is 59.4 Å². The first-order valence-electron chi connectivity index (χ1n) is 17.0. The second-order valence-corrected chi connectivity index (χ2v) is 12.0. The molecule has 4 nitrogen and oxygen atoms in total. The molecule has 0 radical (unpaired) electrons. The van der Waals surface area contributed by atoms with Gasteiger partial charge in [0.15, 0.2) is 0 Å². The zero-order valence-electron chi connectivity index (χ0n) is 28.1.